The molecule has 1 atom stereocenters. The number of benzene rings is 1. The van der Waals surface area contributed by atoms with Crippen LogP contribution in [0.25, 0.3) is 10.2 Å². The molecular weight excluding hydrogens is 262 g/mol. The molecule has 0 saturated heterocycles. The summed E-state index contributed by atoms with van der Waals surface area (Å²) in [5, 5.41) is 13.4. The average molecular weight is 281 g/mol. The Labute approximate surface area is 116 Å². The molecular formula is C13H19N3O2S. The highest BCUT2D eigenvalue weighted by atomic mass is 32.1. The molecule has 0 spiro atoms. The Kier molecular flexibility index (Phi) is 4.57. The number of thiazole rings is 1. The Bertz CT molecular complexity index is 550. The molecule has 0 aliphatic carbocycles. The van der Waals surface area contributed by atoms with Gasteiger partial charge in [0.1, 0.15) is 0 Å². The number of methoxy groups -OCH3 is 1. The molecule has 0 aliphatic heterocycles. The molecule has 19 heavy (non-hydrogen) atoms. The number of fused-ring (bicyclic) bond motifs is 1. The Morgan fingerprint density at radius 3 is 3.00 bits per heavy atom. The van der Waals surface area contributed by atoms with Crippen molar-refractivity contribution in [1.29, 1.82) is 0 Å². The standard InChI is InChI=1S/C13H19N3O2S/c1-8-15-12-6-11(10(14)5-13(12)19-8)16-9(3-4-17)7-18-2/h5-6,9,16-17H,3-4,7,14H2,1-2H3. The van der Waals surface area contributed by atoms with Gasteiger partial charge < -0.3 is 20.9 Å². The number of nitrogens with one attached hydrogen (secondary N) is 1. The summed E-state index contributed by atoms with van der Waals surface area (Å²) < 4.78 is 6.22. The molecule has 2 rings (SSSR count). The molecule has 1 heterocycles. The number of hydrogen-bond acceptors (Lipinski definition) is 6. The fraction of sp³-hybridized carbons (Fsp3) is 0.462. The van der Waals surface area contributed by atoms with E-state index in [9.17, 15) is 0 Å². The van der Waals surface area contributed by atoms with Gasteiger partial charge >= 0.3 is 0 Å². The number of aromatic nitrogens is 1. The van der Waals surface area contributed by atoms with Crippen molar-refractivity contribution in [3.63, 3.8) is 0 Å². The normalized spacial score (nSPS) is 12.8. The van der Waals surface area contributed by atoms with Crippen LogP contribution in [-0.2, 0) is 4.74 Å². The first-order valence-electron chi connectivity index (χ1n) is 6.17. The molecule has 0 fully saturated rings. The molecule has 0 aliphatic rings. The summed E-state index contributed by atoms with van der Waals surface area (Å²) in [7, 11) is 1.64. The van der Waals surface area contributed by atoms with Crippen LogP contribution in [-0.4, -0.2) is 36.5 Å². The van der Waals surface area contributed by atoms with E-state index in [1.165, 1.54) is 0 Å². The van der Waals surface area contributed by atoms with Crippen LogP contribution in [0.3, 0.4) is 0 Å². The number of nitrogens with zero attached hydrogens (tertiary/aromatic N) is 1. The molecule has 1 aromatic carbocycles. The van der Waals surface area contributed by atoms with Gasteiger partial charge in [-0.15, -0.1) is 11.3 Å². The molecule has 2 aromatic rings. The van der Waals surface area contributed by atoms with Gasteiger partial charge in [0, 0.05) is 13.7 Å². The predicted molar refractivity (Wildman–Crippen MR) is 79.8 cm³/mol. The number of nitrogen functional groups attached to an aromatic ring is 1. The Morgan fingerprint density at radius 1 is 1.53 bits per heavy atom. The molecule has 5 nitrogen and oxygen atoms in total. The number of rotatable bonds is 6. The summed E-state index contributed by atoms with van der Waals surface area (Å²) in [6, 6.07) is 3.92. The van der Waals surface area contributed by atoms with Crippen molar-refractivity contribution >= 4 is 32.9 Å². The highest BCUT2D eigenvalue weighted by Gasteiger charge is 2.11. The van der Waals surface area contributed by atoms with E-state index in [0.29, 0.717) is 18.7 Å². The van der Waals surface area contributed by atoms with Crippen molar-refractivity contribution in [2.24, 2.45) is 0 Å². The third-order valence-corrected chi connectivity index (χ3v) is 3.81. The minimum atomic E-state index is 0.0366. The van der Waals surface area contributed by atoms with Crippen LogP contribution in [0.15, 0.2) is 12.1 Å². The quantitative estimate of drug-likeness (QED) is 0.706. The van der Waals surface area contributed by atoms with Crippen LogP contribution in [0, 0.1) is 6.92 Å². The highest BCUT2D eigenvalue weighted by Crippen LogP contribution is 2.30. The van der Waals surface area contributed by atoms with Crippen molar-refractivity contribution < 1.29 is 9.84 Å². The van der Waals surface area contributed by atoms with E-state index in [1.54, 1.807) is 18.4 Å². The lowest BCUT2D eigenvalue weighted by Crippen LogP contribution is -2.26. The van der Waals surface area contributed by atoms with Crippen molar-refractivity contribution in [1.82, 2.24) is 4.98 Å². The lowest BCUT2D eigenvalue weighted by atomic mass is 10.2. The predicted octanol–water partition coefficient (Wildman–Crippen LogP) is 2.00. The molecule has 6 heteroatoms. The summed E-state index contributed by atoms with van der Waals surface area (Å²) in [5.74, 6) is 0. The molecule has 0 saturated carbocycles. The van der Waals surface area contributed by atoms with Gasteiger partial charge in [0.15, 0.2) is 0 Å². The molecule has 4 N–H and O–H groups in total. The van der Waals surface area contributed by atoms with Gasteiger partial charge in [0.2, 0.25) is 0 Å². The van der Waals surface area contributed by atoms with Crippen LogP contribution in [0.4, 0.5) is 11.4 Å². The second kappa shape index (κ2) is 6.18. The Hall–Kier alpha value is -1.37. The fourth-order valence-corrected chi connectivity index (χ4v) is 2.86. The van der Waals surface area contributed by atoms with Crippen LogP contribution in [0.2, 0.25) is 0 Å². The Balaban J connectivity index is 2.25. The van der Waals surface area contributed by atoms with Gasteiger partial charge in [0.05, 0.1) is 39.2 Å². The third-order valence-electron chi connectivity index (χ3n) is 2.87. The monoisotopic (exact) mass is 281 g/mol. The average Bonchev–Trinajstić information content (AvgIpc) is 2.69. The van der Waals surface area contributed by atoms with E-state index >= 15 is 0 Å². The fourth-order valence-electron chi connectivity index (χ4n) is 2.00. The zero-order chi connectivity index (χ0) is 13.8. The van der Waals surface area contributed by atoms with Gasteiger partial charge in [-0.1, -0.05) is 0 Å². The maximum absolute atomic E-state index is 9.05. The number of nitrogens with two attached hydrogens (primary N) is 1. The lowest BCUT2D eigenvalue weighted by Gasteiger charge is -2.19. The molecule has 0 bridgehead atoms. The number of aliphatic hydroxyl groups is 1. The minimum Gasteiger partial charge on any atom is -0.397 e. The summed E-state index contributed by atoms with van der Waals surface area (Å²) in [6.45, 7) is 2.61. The van der Waals surface area contributed by atoms with Crippen molar-refractivity contribution in [3.05, 3.63) is 17.1 Å². The summed E-state index contributed by atoms with van der Waals surface area (Å²) in [6.07, 6.45) is 0.613. The van der Waals surface area contributed by atoms with Gasteiger partial charge in [-0.3, -0.25) is 0 Å². The maximum Gasteiger partial charge on any atom is 0.0907 e. The summed E-state index contributed by atoms with van der Waals surface area (Å²) in [5.41, 5.74) is 8.52. The molecule has 1 aromatic heterocycles. The third kappa shape index (κ3) is 3.34. The second-order valence-electron chi connectivity index (χ2n) is 4.45. The van der Waals surface area contributed by atoms with Crippen LogP contribution >= 0.6 is 11.3 Å². The molecule has 104 valence electrons. The van der Waals surface area contributed by atoms with E-state index in [4.69, 9.17) is 15.6 Å². The number of ether oxygens (including phenoxy) is 1. The summed E-state index contributed by atoms with van der Waals surface area (Å²) in [4.78, 5) is 4.46. The lowest BCUT2D eigenvalue weighted by molar-refractivity contribution is 0.170. The highest BCUT2D eigenvalue weighted by molar-refractivity contribution is 7.18. The van der Waals surface area contributed by atoms with Crippen LogP contribution in [0.5, 0.6) is 0 Å². The second-order valence-corrected chi connectivity index (χ2v) is 5.68. The summed E-state index contributed by atoms with van der Waals surface area (Å²) >= 11 is 1.63. The van der Waals surface area contributed by atoms with Crippen LogP contribution < -0.4 is 11.1 Å². The van der Waals surface area contributed by atoms with E-state index in [2.05, 4.69) is 10.3 Å². The Morgan fingerprint density at radius 2 is 2.32 bits per heavy atom. The number of aryl methyl sites for hydroxylation is 1. The van der Waals surface area contributed by atoms with Crippen molar-refractivity contribution in [2.45, 2.75) is 19.4 Å². The van der Waals surface area contributed by atoms with Gasteiger partial charge in [0.25, 0.3) is 0 Å². The van der Waals surface area contributed by atoms with Gasteiger partial charge in [-0.25, -0.2) is 4.98 Å². The first kappa shape index (κ1) is 14.0. The van der Waals surface area contributed by atoms with Gasteiger partial charge in [-0.2, -0.15) is 0 Å². The topological polar surface area (TPSA) is 80.4 Å². The first-order valence-corrected chi connectivity index (χ1v) is 6.98. The molecule has 0 amide bonds. The molecule has 1 unspecified atom stereocenters. The van der Waals surface area contributed by atoms with E-state index in [0.717, 1.165) is 20.9 Å². The van der Waals surface area contributed by atoms with E-state index < -0.39 is 0 Å². The van der Waals surface area contributed by atoms with Crippen LogP contribution in [0.1, 0.15) is 11.4 Å². The smallest absolute Gasteiger partial charge is 0.0907 e. The molecule has 0 radical (unpaired) electrons. The van der Waals surface area contributed by atoms with Crippen molar-refractivity contribution in [2.75, 3.05) is 31.4 Å². The maximum atomic E-state index is 9.05. The number of hydrogen-bond donors (Lipinski definition) is 3. The minimum absolute atomic E-state index is 0.0366. The van der Waals surface area contributed by atoms with E-state index in [-0.39, 0.29) is 12.6 Å². The number of anilines is 2. The zero-order valence-corrected chi connectivity index (χ0v) is 12.0. The number of aliphatic hydroxyl groups excluding tert-OH is 1. The first-order chi connectivity index (χ1) is 9.13. The zero-order valence-electron chi connectivity index (χ0n) is 11.1. The van der Waals surface area contributed by atoms with E-state index in [1.807, 2.05) is 19.1 Å². The van der Waals surface area contributed by atoms with Crippen molar-refractivity contribution in [3.8, 4) is 0 Å². The SMILES string of the molecule is COCC(CCO)Nc1cc2nc(C)sc2cc1N. The largest absolute Gasteiger partial charge is 0.397 e. The van der Waals surface area contributed by atoms with Gasteiger partial charge in [-0.05, 0) is 25.5 Å².